The Hall–Kier alpha value is -0.900. The van der Waals surface area contributed by atoms with Crippen LogP contribution in [0.4, 0.5) is 0 Å². The van der Waals surface area contributed by atoms with E-state index in [0.29, 0.717) is 19.4 Å². The van der Waals surface area contributed by atoms with E-state index >= 15 is 0 Å². The summed E-state index contributed by atoms with van der Waals surface area (Å²) >= 11 is 0. The summed E-state index contributed by atoms with van der Waals surface area (Å²) in [5.41, 5.74) is 0. The van der Waals surface area contributed by atoms with E-state index in [1.165, 1.54) is 0 Å². The number of carboxylic acids is 1. The minimum absolute atomic E-state index is 0.0440. The molecule has 0 saturated carbocycles. The van der Waals surface area contributed by atoms with Gasteiger partial charge in [-0.15, -0.1) is 0 Å². The van der Waals surface area contributed by atoms with Gasteiger partial charge < -0.3 is 9.84 Å². The molecule has 4 nitrogen and oxygen atoms in total. The van der Waals surface area contributed by atoms with Gasteiger partial charge in [-0.2, -0.15) is 0 Å². The monoisotopic (exact) mass is 172 g/mol. The quantitative estimate of drug-likeness (QED) is 0.671. The van der Waals surface area contributed by atoms with Gasteiger partial charge in [-0.05, 0) is 12.8 Å². The fourth-order valence-electron chi connectivity index (χ4n) is 1.28. The second-order valence-electron chi connectivity index (χ2n) is 2.94. The van der Waals surface area contributed by atoms with Gasteiger partial charge >= 0.3 is 5.97 Å². The Bertz CT molecular complexity index is 187. The largest absolute Gasteiger partial charge is 0.481 e. The Morgan fingerprint density at radius 3 is 3.00 bits per heavy atom. The van der Waals surface area contributed by atoms with Gasteiger partial charge in [0.1, 0.15) is 6.61 Å². The van der Waals surface area contributed by atoms with Crippen molar-refractivity contribution < 1.29 is 19.4 Å². The van der Waals surface area contributed by atoms with Crippen molar-refractivity contribution in [3.05, 3.63) is 0 Å². The molecule has 1 saturated heterocycles. The van der Waals surface area contributed by atoms with E-state index in [0.717, 1.165) is 0 Å². The van der Waals surface area contributed by atoms with Gasteiger partial charge in [0.05, 0.1) is 0 Å². The zero-order chi connectivity index (χ0) is 8.97. The number of hydrogen-bond acceptors (Lipinski definition) is 3. The summed E-state index contributed by atoms with van der Waals surface area (Å²) in [5, 5.41) is 8.39. The van der Waals surface area contributed by atoms with E-state index in [4.69, 9.17) is 9.84 Å². The number of ether oxygens (including phenoxy) is 1. The molecule has 0 aromatic rings. The first kappa shape index (κ1) is 9.19. The van der Waals surface area contributed by atoms with Crippen molar-refractivity contribution in [1.29, 1.82) is 0 Å². The standard InChI is InChI=1S/C8H12O4/c9-7-5-12-4-3-6(7)1-2-8(10)11/h6H,1-5H2,(H,10,11). The molecule has 1 aliphatic rings. The second kappa shape index (κ2) is 4.21. The van der Waals surface area contributed by atoms with Crippen molar-refractivity contribution in [2.24, 2.45) is 5.92 Å². The topological polar surface area (TPSA) is 63.6 Å². The lowest BCUT2D eigenvalue weighted by Gasteiger charge is -2.19. The zero-order valence-corrected chi connectivity index (χ0v) is 6.78. The van der Waals surface area contributed by atoms with E-state index in [-0.39, 0.29) is 24.7 Å². The van der Waals surface area contributed by atoms with Crippen LogP contribution in [0.5, 0.6) is 0 Å². The van der Waals surface area contributed by atoms with E-state index in [2.05, 4.69) is 0 Å². The lowest BCUT2D eigenvalue weighted by atomic mass is 9.94. The molecule has 1 fully saturated rings. The van der Waals surface area contributed by atoms with Gasteiger partial charge in [-0.1, -0.05) is 0 Å². The predicted molar refractivity (Wildman–Crippen MR) is 40.8 cm³/mol. The van der Waals surface area contributed by atoms with Crippen LogP contribution in [-0.2, 0) is 14.3 Å². The first-order valence-corrected chi connectivity index (χ1v) is 4.02. The fraction of sp³-hybridized carbons (Fsp3) is 0.750. The molecule has 68 valence electrons. The average Bonchev–Trinajstić information content (AvgIpc) is 2.03. The maximum absolute atomic E-state index is 11.1. The van der Waals surface area contributed by atoms with E-state index in [1.54, 1.807) is 0 Å². The molecule has 1 rings (SSSR count). The number of carboxylic acid groups (broad SMARTS) is 1. The van der Waals surface area contributed by atoms with E-state index < -0.39 is 5.97 Å². The van der Waals surface area contributed by atoms with Crippen molar-refractivity contribution in [1.82, 2.24) is 0 Å². The molecule has 1 atom stereocenters. The highest BCUT2D eigenvalue weighted by atomic mass is 16.5. The third-order valence-electron chi connectivity index (χ3n) is 2.02. The van der Waals surface area contributed by atoms with E-state index in [1.807, 2.05) is 0 Å². The van der Waals surface area contributed by atoms with Crippen LogP contribution in [0.2, 0.25) is 0 Å². The van der Waals surface area contributed by atoms with Crippen LogP contribution in [0.25, 0.3) is 0 Å². The van der Waals surface area contributed by atoms with Crippen molar-refractivity contribution in [2.75, 3.05) is 13.2 Å². The van der Waals surface area contributed by atoms with Crippen LogP contribution in [0, 0.1) is 5.92 Å². The van der Waals surface area contributed by atoms with Gasteiger partial charge in [0.15, 0.2) is 5.78 Å². The Kier molecular flexibility index (Phi) is 3.22. The first-order valence-electron chi connectivity index (χ1n) is 4.02. The van der Waals surface area contributed by atoms with Crippen LogP contribution in [-0.4, -0.2) is 30.1 Å². The van der Waals surface area contributed by atoms with Gasteiger partial charge in [0.25, 0.3) is 0 Å². The number of carbonyl (C=O) groups is 2. The van der Waals surface area contributed by atoms with Crippen molar-refractivity contribution >= 4 is 11.8 Å². The zero-order valence-electron chi connectivity index (χ0n) is 6.78. The molecule has 0 amide bonds. The molecule has 12 heavy (non-hydrogen) atoms. The number of rotatable bonds is 3. The van der Waals surface area contributed by atoms with Gasteiger partial charge in [0.2, 0.25) is 0 Å². The van der Waals surface area contributed by atoms with Crippen LogP contribution >= 0.6 is 0 Å². The van der Waals surface area contributed by atoms with Crippen molar-refractivity contribution in [3.8, 4) is 0 Å². The van der Waals surface area contributed by atoms with E-state index in [9.17, 15) is 9.59 Å². The summed E-state index contributed by atoms with van der Waals surface area (Å²) in [7, 11) is 0. The number of hydrogen-bond donors (Lipinski definition) is 1. The maximum atomic E-state index is 11.1. The molecule has 4 heteroatoms. The Morgan fingerprint density at radius 2 is 2.42 bits per heavy atom. The summed E-state index contributed by atoms with van der Waals surface area (Å²) in [4.78, 5) is 21.3. The summed E-state index contributed by atoms with van der Waals surface area (Å²) in [5.74, 6) is -0.883. The predicted octanol–water partition coefficient (Wildman–Crippen LogP) is 0.457. The molecule has 1 N–H and O–H groups in total. The second-order valence-corrected chi connectivity index (χ2v) is 2.94. The Labute approximate surface area is 70.5 Å². The number of Topliss-reactive ketones (excluding diaryl/α,β-unsaturated/α-hetero) is 1. The highest BCUT2D eigenvalue weighted by molar-refractivity contribution is 5.83. The molecule has 0 bridgehead atoms. The molecular weight excluding hydrogens is 160 g/mol. The Balaban J connectivity index is 2.29. The van der Waals surface area contributed by atoms with Crippen LogP contribution in [0.15, 0.2) is 0 Å². The maximum Gasteiger partial charge on any atom is 0.303 e. The number of carbonyl (C=O) groups excluding carboxylic acids is 1. The number of aliphatic carboxylic acids is 1. The van der Waals surface area contributed by atoms with Crippen molar-refractivity contribution in [2.45, 2.75) is 19.3 Å². The molecule has 1 unspecified atom stereocenters. The number of ketones is 1. The molecule has 0 aromatic heterocycles. The molecule has 0 aliphatic carbocycles. The third-order valence-corrected chi connectivity index (χ3v) is 2.02. The smallest absolute Gasteiger partial charge is 0.303 e. The lowest BCUT2D eigenvalue weighted by molar-refractivity contribution is -0.138. The van der Waals surface area contributed by atoms with Gasteiger partial charge in [-0.25, -0.2) is 0 Å². The minimum atomic E-state index is -0.839. The van der Waals surface area contributed by atoms with Gasteiger partial charge in [0, 0.05) is 18.9 Å². The molecule has 0 aromatic carbocycles. The fourth-order valence-corrected chi connectivity index (χ4v) is 1.28. The highest BCUT2D eigenvalue weighted by Gasteiger charge is 2.22. The first-order chi connectivity index (χ1) is 5.70. The van der Waals surface area contributed by atoms with Crippen LogP contribution in [0.1, 0.15) is 19.3 Å². The Morgan fingerprint density at radius 1 is 1.67 bits per heavy atom. The highest BCUT2D eigenvalue weighted by Crippen LogP contribution is 2.16. The molecular formula is C8H12O4. The molecule has 1 aliphatic heterocycles. The van der Waals surface area contributed by atoms with Crippen LogP contribution in [0.3, 0.4) is 0 Å². The summed E-state index contributed by atoms with van der Waals surface area (Å²) in [6.07, 6.45) is 1.21. The SMILES string of the molecule is O=C(O)CCC1CCOCC1=O. The molecule has 1 heterocycles. The normalized spacial score (nSPS) is 24.0. The summed E-state index contributed by atoms with van der Waals surface area (Å²) < 4.78 is 4.92. The van der Waals surface area contributed by atoms with Crippen LogP contribution < -0.4 is 0 Å². The van der Waals surface area contributed by atoms with Crippen molar-refractivity contribution in [3.63, 3.8) is 0 Å². The minimum Gasteiger partial charge on any atom is -0.481 e. The molecule has 0 radical (unpaired) electrons. The average molecular weight is 172 g/mol. The molecule has 0 spiro atoms. The summed E-state index contributed by atoms with van der Waals surface area (Å²) in [6, 6.07) is 0. The summed E-state index contributed by atoms with van der Waals surface area (Å²) in [6.45, 7) is 0.736. The lowest BCUT2D eigenvalue weighted by Crippen LogP contribution is -2.27. The van der Waals surface area contributed by atoms with Gasteiger partial charge in [-0.3, -0.25) is 9.59 Å². The third kappa shape index (κ3) is 2.62.